The van der Waals surface area contributed by atoms with E-state index in [-0.39, 0.29) is 41.3 Å². The van der Waals surface area contributed by atoms with Crippen molar-refractivity contribution in [2.24, 2.45) is 21.8 Å². The minimum atomic E-state index is -0.192. The van der Waals surface area contributed by atoms with Gasteiger partial charge in [0.15, 0.2) is 0 Å². The smallest absolute Gasteiger partial charge is 0.271 e. The zero-order chi connectivity index (χ0) is 44.1. The molecule has 2 amide bonds. The highest BCUT2D eigenvalue weighted by Crippen LogP contribution is 2.43. The van der Waals surface area contributed by atoms with Crippen LogP contribution in [0.2, 0.25) is 0 Å². The van der Waals surface area contributed by atoms with E-state index < -0.39 is 0 Å². The minimum absolute atomic E-state index is 0.00354. The van der Waals surface area contributed by atoms with Gasteiger partial charge in [-0.3, -0.25) is 24.4 Å². The second-order valence-corrected chi connectivity index (χ2v) is 19.2. The molecule has 326 valence electrons. The van der Waals surface area contributed by atoms with Gasteiger partial charge >= 0.3 is 0 Å². The van der Waals surface area contributed by atoms with Gasteiger partial charge in [-0.15, -0.1) is 22.7 Å². The number of H-pyrrole nitrogens is 1. The average molecular weight is 887 g/mol. The Balaban J connectivity index is 0.000000160. The molecule has 18 heteroatoms. The SMILES string of the molecule is CC(C)N(C)C(=O)[C@H]1CCc2c(sc3ncnc(Nc4cc5c([nH]c4=O)CN=C5)c23)C1.COc1nc2c(cc1Nc1ncnc3sc4c(c13)CC[C@H](C(=O)N(C)C(C)C)C4)C=NC2. The number of hydrogen-bond donors (Lipinski definition) is 3. The number of nitrogens with one attached hydrogen (secondary N) is 3. The number of methoxy groups -OCH3 is 1. The fourth-order valence-electron chi connectivity index (χ4n) is 8.59. The highest BCUT2D eigenvalue weighted by atomic mass is 32.1. The van der Waals surface area contributed by atoms with Gasteiger partial charge in [0.05, 0.1) is 36.7 Å². The molecule has 0 bridgehead atoms. The summed E-state index contributed by atoms with van der Waals surface area (Å²) in [4.78, 5) is 80.2. The van der Waals surface area contributed by atoms with Crippen LogP contribution < -0.4 is 20.9 Å². The van der Waals surface area contributed by atoms with E-state index in [1.54, 1.807) is 42.3 Å². The maximum absolute atomic E-state index is 12.9. The number of rotatable bonds is 9. The number of carbonyl (C=O) groups is 2. The van der Waals surface area contributed by atoms with Crippen LogP contribution in [0.4, 0.5) is 23.0 Å². The van der Waals surface area contributed by atoms with E-state index in [4.69, 9.17) is 4.74 Å². The van der Waals surface area contributed by atoms with E-state index in [9.17, 15) is 14.4 Å². The summed E-state index contributed by atoms with van der Waals surface area (Å²) in [6.45, 7) is 9.25. The van der Waals surface area contributed by atoms with E-state index in [0.29, 0.717) is 30.5 Å². The van der Waals surface area contributed by atoms with Gasteiger partial charge in [-0.25, -0.2) is 24.9 Å². The van der Waals surface area contributed by atoms with Crippen molar-refractivity contribution >= 4 is 90.4 Å². The second-order valence-electron chi connectivity index (χ2n) is 17.0. The Morgan fingerprint density at radius 3 is 1.84 bits per heavy atom. The van der Waals surface area contributed by atoms with Crippen LogP contribution in [0.25, 0.3) is 20.4 Å². The number of aromatic nitrogens is 6. The van der Waals surface area contributed by atoms with Crippen molar-refractivity contribution in [3.63, 3.8) is 0 Å². The van der Waals surface area contributed by atoms with Crippen molar-refractivity contribution in [2.45, 2.75) is 91.4 Å². The molecule has 2 atom stereocenters. The van der Waals surface area contributed by atoms with Gasteiger partial charge in [-0.05, 0) is 89.5 Å². The number of fused-ring (bicyclic) bond motifs is 8. The first kappa shape index (κ1) is 42.2. The summed E-state index contributed by atoms with van der Waals surface area (Å²) >= 11 is 3.29. The van der Waals surface area contributed by atoms with E-state index in [0.717, 1.165) is 93.0 Å². The molecular weight excluding hydrogens is 837 g/mol. The number of ether oxygens (including phenoxy) is 1. The summed E-state index contributed by atoms with van der Waals surface area (Å²) in [6.07, 6.45) is 11.5. The Labute approximate surface area is 372 Å². The van der Waals surface area contributed by atoms with Crippen LogP contribution in [0.1, 0.15) is 83.9 Å². The maximum Gasteiger partial charge on any atom is 0.271 e. The lowest BCUT2D eigenvalue weighted by atomic mass is 9.86. The maximum atomic E-state index is 12.9. The predicted octanol–water partition coefficient (Wildman–Crippen LogP) is 6.77. The lowest BCUT2D eigenvalue weighted by molar-refractivity contribution is -0.136. The van der Waals surface area contributed by atoms with Gasteiger partial charge in [0, 0.05) is 77.0 Å². The van der Waals surface area contributed by atoms with Crippen molar-refractivity contribution in [2.75, 3.05) is 31.8 Å². The zero-order valence-electron chi connectivity index (χ0n) is 36.4. The van der Waals surface area contributed by atoms with Gasteiger partial charge < -0.3 is 30.2 Å². The van der Waals surface area contributed by atoms with E-state index in [1.807, 2.05) is 69.9 Å². The Kier molecular flexibility index (Phi) is 11.5. The van der Waals surface area contributed by atoms with Crippen LogP contribution >= 0.6 is 22.7 Å². The third kappa shape index (κ3) is 8.05. The Morgan fingerprint density at radius 1 is 0.762 bits per heavy atom. The lowest BCUT2D eigenvalue weighted by Crippen LogP contribution is -2.39. The average Bonchev–Trinajstić information content (AvgIpc) is 4.09. The number of nitrogens with zero attached hydrogens (tertiary/aromatic N) is 9. The molecule has 0 saturated heterocycles. The molecule has 0 radical (unpaired) electrons. The summed E-state index contributed by atoms with van der Waals surface area (Å²) in [5.74, 6) is 2.34. The van der Waals surface area contributed by atoms with Crippen molar-refractivity contribution in [3.05, 3.63) is 78.5 Å². The highest BCUT2D eigenvalue weighted by molar-refractivity contribution is 7.19. The normalized spacial score (nSPS) is 17.0. The summed E-state index contributed by atoms with van der Waals surface area (Å²) in [5.41, 5.74) is 7.09. The van der Waals surface area contributed by atoms with Crippen molar-refractivity contribution in [3.8, 4) is 5.88 Å². The van der Waals surface area contributed by atoms with Crippen LogP contribution in [0.3, 0.4) is 0 Å². The molecule has 2 aliphatic carbocycles. The number of anilines is 4. The molecule has 3 N–H and O–H groups in total. The minimum Gasteiger partial charge on any atom is -0.480 e. The van der Waals surface area contributed by atoms with Crippen molar-refractivity contribution in [1.29, 1.82) is 0 Å². The molecule has 4 aliphatic rings. The molecule has 0 aromatic carbocycles. The third-order valence-electron chi connectivity index (χ3n) is 12.5. The molecular formula is C45H50N12O4S2. The van der Waals surface area contributed by atoms with Gasteiger partial charge in [0.2, 0.25) is 17.7 Å². The number of hydrogen-bond acceptors (Lipinski definition) is 15. The predicted molar refractivity (Wildman–Crippen MR) is 249 cm³/mol. The quantitative estimate of drug-likeness (QED) is 0.139. The Morgan fingerprint density at radius 2 is 1.29 bits per heavy atom. The molecule has 10 rings (SSSR count). The van der Waals surface area contributed by atoms with Gasteiger partial charge in [-0.1, -0.05) is 0 Å². The molecule has 6 aromatic heterocycles. The summed E-state index contributed by atoms with van der Waals surface area (Å²) in [6, 6.07) is 4.21. The number of amides is 2. The second kappa shape index (κ2) is 17.2. The molecule has 0 unspecified atom stereocenters. The van der Waals surface area contributed by atoms with E-state index in [2.05, 4.69) is 50.5 Å². The first-order chi connectivity index (χ1) is 30.4. The summed E-state index contributed by atoms with van der Waals surface area (Å²) < 4.78 is 5.52. The fraction of sp³-hybridized carbons (Fsp3) is 0.422. The highest BCUT2D eigenvalue weighted by Gasteiger charge is 2.33. The molecule has 2 aliphatic heterocycles. The van der Waals surface area contributed by atoms with Crippen LogP contribution in [-0.4, -0.2) is 97.2 Å². The van der Waals surface area contributed by atoms with E-state index in [1.165, 1.54) is 27.2 Å². The number of carbonyl (C=O) groups excluding carboxylic acids is 2. The molecule has 6 aromatic rings. The third-order valence-corrected chi connectivity index (χ3v) is 14.9. The lowest BCUT2D eigenvalue weighted by Gasteiger charge is -2.29. The first-order valence-electron chi connectivity index (χ1n) is 21.3. The van der Waals surface area contributed by atoms with Gasteiger partial charge in [0.25, 0.3) is 5.56 Å². The summed E-state index contributed by atoms with van der Waals surface area (Å²) in [5, 5.41) is 8.65. The van der Waals surface area contributed by atoms with Crippen LogP contribution in [0.5, 0.6) is 5.88 Å². The Hall–Kier alpha value is -6.14. The number of aliphatic imine (C=N–C) groups is 2. The molecule has 16 nitrogen and oxygen atoms in total. The van der Waals surface area contributed by atoms with Crippen LogP contribution in [-0.2, 0) is 48.4 Å². The topological polar surface area (TPSA) is 196 Å². The molecule has 8 heterocycles. The van der Waals surface area contributed by atoms with Gasteiger partial charge in [0.1, 0.15) is 45.3 Å². The van der Waals surface area contributed by atoms with Gasteiger partial charge in [-0.2, -0.15) is 0 Å². The standard InChI is InChI=1S/C23H26N6O2S.C22H24N6O2S/c1-12(2)29(3)23(30)13-5-6-15-18(8-13)32-22-19(15)20(25-11-26-22)27-16-7-14-9-24-10-17(14)28-21(16)31-4;1-11(2)28(3)22(30)12-4-5-14-17(7-12)31-21-18(14)19(24-10-25-21)26-15-6-13-8-23-9-16(13)27-20(15)29/h7,9,11-13H,5-6,8,10H2,1-4H3,(H,25,26,27);6,8,10-12H,4-5,7,9H2,1-3H3,(H,27,29)(H,24,25,26)/t13-;12-/m00/s1. The number of aryl methyl sites for hydroxylation is 2. The van der Waals surface area contributed by atoms with Crippen molar-refractivity contribution in [1.82, 2.24) is 39.7 Å². The molecule has 0 fully saturated rings. The number of pyridine rings is 2. The molecule has 0 saturated carbocycles. The van der Waals surface area contributed by atoms with E-state index >= 15 is 0 Å². The van der Waals surface area contributed by atoms with Crippen molar-refractivity contribution < 1.29 is 14.3 Å². The Bertz CT molecular complexity index is 2900. The molecule has 0 spiro atoms. The molecule has 63 heavy (non-hydrogen) atoms. The fourth-order valence-corrected chi connectivity index (χ4v) is 11.1. The number of aromatic amines is 1. The zero-order valence-corrected chi connectivity index (χ0v) is 38.0. The largest absolute Gasteiger partial charge is 0.480 e. The first-order valence-corrected chi connectivity index (χ1v) is 22.9. The van der Waals surface area contributed by atoms with Crippen LogP contribution in [0, 0.1) is 11.8 Å². The number of thiophene rings is 2. The monoisotopic (exact) mass is 886 g/mol. The van der Waals surface area contributed by atoms with Crippen LogP contribution in [0.15, 0.2) is 39.6 Å². The summed E-state index contributed by atoms with van der Waals surface area (Å²) in [7, 11) is 5.38.